The average Bonchev–Trinajstić information content (AvgIpc) is 2.65. The molecule has 3 heteroatoms. The van der Waals surface area contributed by atoms with E-state index in [9.17, 15) is 5.11 Å². The summed E-state index contributed by atoms with van der Waals surface area (Å²) in [6.45, 7) is 0.847. The molecule has 0 aliphatic heterocycles. The van der Waals surface area contributed by atoms with Crippen molar-refractivity contribution in [3.05, 3.63) is 71.3 Å². The molecule has 0 heterocycles. The molecule has 138 valence electrons. The van der Waals surface area contributed by atoms with Gasteiger partial charge in [0.15, 0.2) is 0 Å². The number of hydrogen-bond acceptors (Lipinski definition) is 3. The van der Waals surface area contributed by atoms with Crippen LogP contribution in [0.25, 0.3) is 6.08 Å². The van der Waals surface area contributed by atoms with E-state index in [1.165, 1.54) is 0 Å². The maximum Gasteiger partial charge on any atom is 0.119 e. The number of hydrogen-bond donors (Lipinski definition) is 1. The minimum atomic E-state index is -0.979. The molecule has 1 fully saturated rings. The van der Waals surface area contributed by atoms with Gasteiger partial charge in [0, 0.05) is 12.5 Å². The van der Waals surface area contributed by atoms with E-state index < -0.39 is 5.60 Å². The highest BCUT2D eigenvalue weighted by Gasteiger charge is 2.44. The zero-order valence-electron chi connectivity index (χ0n) is 16.0. The number of methoxy groups -OCH3 is 1. The molecule has 1 N–H and O–H groups in total. The average molecular weight is 351 g/mol. The Morgan fingerprint density at radius 2 is 1.92 bits per heavy atom. The van der Waals surface area contributed by atoms with Crippen molar-refractivity contribution in [3.63, 3.8) is 0 Å². The fourth-order valence-corrected chi connectivity index (χ4v) is 4.08. The van der Waals surface area contributed by atoms with Gasteiger partial charge in [0.2, 0.25) is 0 Å². The number of rotatable bonds is 5. The highest BCUT2D eigenvalue weighted by Crippen LogP contribution is 2.47. The van der Waals surface area contributed by atoms with Gasteiger partial charge in [-0.3, -0.25) is 0 Å². The molecule has 2 aromatic rings. The molecule has 3 rings (SSSR count). The summed E-state index contributed by atoms with van der Waals surface area (Å²) in [4.78, 5) is 2.17. The van der Waals surface area contributed by atoms with Gasteiger partial charge >= 0.3 is 0 Å². The summed E-state index contributed by atoms with van der Waals surface area (Å²) in [5, 5.41) is 12.0. The Morgan fingerprint density at radius 3 is 2.62 bits per heavy atom. The molecule has 0 amide bonds. The second-order valence-corrected chi connectivity index (χ2v) is 7.43. The van der Waals surface area contributed by atoms with E-state index in [2.05, 4.69) is 37.2 Å². The highest BCUT2D eigenvalue weighted by atomic mass is 16.5. The molecule has 2 atom stereocenters. The number of benzene rings is 2. The van der Waals surface area contributed by atoms with Crippen molar-refractivity contribution in [3.8, 4) is 5.75 Å². The fourth-order valence-electron chi connectivity index (χ4n) is 4.08. The Labute approximate surface area is 156 Å². The fraction of sp³-hybridized carbons (Fsp3) is 0.391. The number of nitrogens with zero attached hydrogens (tertiary/aromatic N) is 1. The molecule has 0 bridgehead atoms. The van der Waals surface area contributed by atoms with E-state index in [-0.39, 0.29) is 5.92 Å². The summed E-state index contributed by atoms with van der Waals surface area (Å²) >= 11 is 0. The lowest BCUT2D eigenvalue weighted by molar-refractivity contribution is -0.0175. The van der Waals surface area contributed by atoms with Gasteiger partial charge < -0.3 is 14.7 Å². The summed E-state index contributed by atoms with van der Waals surface area (Å²) in [7, 11) is 5.81. The first-order valence-corrected chi connectivity index (χ1v) is 9.31. The van der Waals surface area contributed by atoms with Crippen LogP contribution in [0.2, 0.25) is 0 Å². The smallest absolute Gasteiger partial charge is 0.119 e. The molecule has 0 aromatic heterocycles. The van der Waals surface area contributed by atoms with Crippen molar-refractivity contribution in [1.82, 2.24) is 4.90 Å². The van der Waals surface area contributed by atoms with Crippen molar-refractivity contribution >= 4 is 6.08 Å². The van der Waals surface area contributed by atoms with Crippen LogP contribution in [0.15, 0.2) is 60.2 Å². The lowest BCUT2D eigenvalue weighted by Crippen LogP contribution is -2.44. The van der Waals surface area contributed by atoms with Crippen molar-refractivity contribution < 1.29 is 9.84 Å². The Hall–Kier alpha value is -2.10. The summed E-state index contributed by atoms with van der Waals surface area (Å²) < 4.78 is 5.42. The van der Waals surface area contributed by atoms with Crippen LogP contribution in [0.3, 0.4) is 0 Å². The predicted octanol–water partition coefficient (Wildman–Crippen LogP) is 4.33. The second-order valence-electron chi connectivity index (χ2n) is 7.43. The van der Waals surface area contributed by atoms with E-state index in [1.54, 1.807) is 7.11 Å². The van der Waals surface area contributed by atoms with E-state index in [4.69, 9.17) is 4.74 Å². The summed E-state index contributed by atoms with van der Waals surface area (Å²) in [5.74, 6) is 0.928. The summed E-state index contributed by atoms with van der Waals surface area (Å²) in [6, 6.07) is 18.2. The Kier molecular flexibility index (Phi) is 5.80. The van der Waals surface area contributed by atoms with Crippen molar-refractivity contribution in [2.45, 2.75) is 24.9 Å². The number of ether oxygens (including phenoxy) is 1. The minimum Gasteiger partial charge on any atom is -0.497 e. The molecule has 3 nitrogen and oxygen atoms in total. The standard InChI is InChI=1S/C23H29NO2/c1-24(2)17-21-13-7-11-19(15-18-9-5-4-6-10-18)23(21,25)20-12-8-14-22(16-20)26-3/h4-6,8-10,12,14-16,21,25H,7,11,13,17H2,1-3H3/b19-15-. The van der Waals surface area contributed by atoms with E-state index in [0.717, 1.165) is 48.3 Å². The number of aliphatic hydroxyl groups is 1. The second kappa shape index (κ2) is 8.07. The van der Waals surface area contributed by atoms with Crippen LogP contribution in [0.4, 0.5) is 0 Å². The topological polar surface area (TPSA) is 32.7 Å². The molecule has 0 spiro atoms. The van der Waals surface area contributed by atoms with Gasteiger partial charge in [-0.15, -0.1) is 0 Å². The van der Waals surface area contributed by atoms with E-state index >= 15 is 0 Å². The van der Waals surface area contributed by atoms with Crippen LogP contribution in [-0.4, -0.2) is 37.8 Å². The SMILES string of the molecule is COc1cccc(C2(O)/C(=C\c3ccccc3)CCCC2CN(C)C)c1. The zero-order chi connectivity index (χ0) is 18.6. The van der Waals surface area contributed by atoms with Crippen LogP contribution in [0.1, 0.15) is 30.4 Å². The molecule has 2 unspecified atom stereocenters. The third-order valence-corrected chi connectivity index (χ3v) is 5.31. The van der Waals surface area contributed by atoms with Crippen LogP contribution in [0, 0.1) is 5.92 Å². The quantitative estimate of drug-likeness (QED) is 0.870. The van der Waals surface area contributed by atoms with Gasteiger partial charge in [0.25, 0.3) is 0 Å². The van der Waals surface area contributed by atoms with Gasteiger partial charge in [-0.05, 0) is 62.2 Å². The molecule has 26 heavy (non-hydrogen) atoms. The van der Waals surface area contributed by atoms with Gasteiger partial charge in [0.05, 0.1) is 7.11 Å². The van der Waals surface area contributed by atoms with Gasteiger partial charge in [-0.2, -0.15) is 0 Å². The Bertz CT molecular complexity index is 754. The lowest BCUT2D eigenvalue weighted by atomic mass is 9.67. The third-order valence-electron chi connectivity index (χ3n) is 5.31. The first-order chi connectivity index (χ1) is 12.5. The maximum atomic E-state index is 12.0. The molecular weight excluding hydrogens is 322 g/mol. The Balaban J connectivity index is 2.10. The van der Waals surface area contributed by atoms with E-state index in [1.807, 2.05) is 42.5 Å². The molecule has 1 aliphatic rings. The molecule has 1 saturated carbocycles. The van der Waals surface area contributed by atoms with Crippen LogP contribution in [0.5, 0.6) is 5.75 Å². The molecule has 1 aliphatic carbocycles. The zero-order valence-corrected chi connectivity index (χ0v) is 16.0. The first kappa shape index (κ1) is 18.7. The molecular formula is C23H29NO2. The summed E-state index contributed by atoms with van der Waals surface area (Å²) in [6.07, 6.45) is 5.19. The van der Waals surface area contributed by atoms with Crippen LogP contribution >= 0.6 is 0 Å². The van der Waals surface area contributed by atoms with Crippen molar-refractivity contribution in [2.75, 3.05) is 27.7 Å². The lowest BCUT2D eigenvalue weighted by Gasteiger charge is -2.44. The molecule has 2 aromatic carbocycles. The van der Waals surface area contributed by atoms with Crippen molar-refractivity contribution in [1.29, 1.82) is 0 Å². The largest absolute Gasteiger partial charge is 0.497 e. The third kappa shape index (κ3) is 3.84. The monoisotopic (exact) mass is 351 g/mol. The highest BCUT2D eigenvalue weighted by molar-refractivity contribution is 5.57. The predicted molar refractivity (Wildman–Crippen MR) is 107 cm³/mol. The molecule has 0 saturated heterocycles. The van der Waals surface area contributed by atoms with Gasteiger partial charge in [-0.25, -0.2) is 0 Å². The molecule has 0 radical (unpaired) electrons. The Morgan fingerprint density at radius 1 is 1.15 bits per heavy atom. The van der Waals surface area contributed by atoms with Crippen LogP contribution < -0.4 is 4.74 Å². The van der Waals surface area contributed by atoms with Crippen molar-refractivity contribution in [2.24, 2.45) is 5.92 Å². The van der Waals surface area contributed by atoms with Gasteiger partial charge in [0.1, 0.15) is 11.4 Å². The first-order valence-electron chi connectivity index (χ1n) is 9.31. The van der Waals surface area contributed by atoms with Crippen LogP contribution in [-0.2, 0) is 5.60 Å². The van der Waals surface area contributed by atoms with Gasteiger partial charge in [-0.1, -0.05) is 48.5 Å². The van der Waals surface area contributed by atoms with E-state index in [0.29, 0.717) is 0 Å². The minimum absolute atomic E-state index is 0.147. The maximum absolute atomic E-state index is 12.0. The summed E-state index contributed by atoms with van der Waals surface area (Å²) in [5.41, 5.74) is 2.17. The normalized spacial score (nSPS) is 24.8.